The van der Waals surface area contributed by atoms with Crippen molar-refractivity contribution in [1.29, 1.82) is 0 Å². The van der Waals surface area contributed by atoms with Gasteiger partial charge in [-0.2, -0.15) is 0 Å². The lowest BCUT2D eigenvalue weighted by Crippen LogP contribution is -2.26. The summed E-state index contributed by atoms with van der Waals surface area (Å²) in [6.07, 6.45) is 12.2. The molecule has 1 aliphatic rings. The van der Waals surface area contributed by atoms with E-state index in [9.17, 15) is 0 Å². The molecule has 1 aliphatic carbocycles. The van der Waals surface area contributed by atoms with Crippen molar-refractivity contribution in [3.8, 4) is 0 Å². The fraction of sp³-hybridized carbons (Fsp3) is 0.625. The molecule has 0 bridgehead atoms. The highest BCUT2D eigenvalue weighted by molar-refractivity contribution is 5.65. The molecule has 2 N–H and O–H groups in total. The Morgan fingerprint density at radius 3 is 2.76 bits per heavy atom. The molecule has 5 nitrogen and oxygen atoms in total. The predicted octanol–water partition coefficient (Wildman–Crippen LogP) is 3.54. The van der Waals surface area contributed by atoms with E-state index in [1.165, 1.54) is 32.1 Å². The summed E-state index contributed by atoms with van der Waals surface area (Å²) in [5, 5.41) is 6.90. The number of imidazole rings is 1. The van der Waals surface area contributed by atoms with Gasteiger partial charge in [-0.25, -0.2) is 9.97 Å². The van der Waals surface area contributed by atoms with E-state index in [4.69, 9.17) is 4.98 Å². The topological polar surface area (TPSA) is 54.2 Å². The standard InChI is InChI=1S/C16H25N5/c1-3-12-5-7-13(8-6-12)19-15-16-18-9-10-21(16)11-14(20-15)17-4-2/h9-13,17H,3-8H2,1-2H3,(H,19,20). The molecule has 21 heavy (non-hydrogen) atoms. The molecule has 1 fully saturated rings. The first-order valence-corrected chi connectivity index (χ1v) is 8.14. The summed E-state index contributed by atoms with van der Waals surface area (Å²) in [7, 11) is 0. The number of nitrogens with one attached hydrogen (secondary N) is 2. The summed E-state index contributed by atoms with van der Waals surface area (Å²) in [5.41, 5.74) is 0.911. The Labute approximate surface area is 126 Å². The van der Waals surface area contributed by atoms with Crippen LogP contribution in [0.4, 0.5) is 11.6 Å². The lowest BCUT2D eigenvalue weighted by molar-refractivity contribution is 0.330. The number of hydrogen-bond donors (Lipinski definition) is 2. The van der Waals surface area contributed by atoms with E-state index in [-0.39, 0.29) is 0 Å². The molecule has 2 aromatic heterocycles. The number of anilines is 2. The van der Waals surface area contributed by atoms with Crippen molar-refractivity contribution in [3.05, 3.63) is 18.6 Å². The van der Waals surface area contributed by atoms with E-state index >= 15 is 0 Å². The van der Waals surface area contributed by atoms with Crippen molar-refractivity contribution in [1.82, 2.24) is 14.4 Å². The normalized spacial score (nSPS) is 22.4. The molecular weight excluding hydrogens is 262 g/mol. The van der Waals surface area contributed by atoms with Gasteiger partial charge in [0, 0.05) is 25.0 Å². The summed E-state index contributed by atoms with van der Waals surface area (Å²) in [5.74, 6) is 2.71. The van der Waals surface area contributed by atoms with Gasteiger partial charge in [0.1, 0.15) is 5.82 Å². The number of nitrogens with zero attached hydrogens (tertiary/aromatic N) is 3. The number of hydrogen-bond acceptors (Lipinski definition) is 4. The van der Waals surface area contributed by atoms with Crippen molar-refractivity contribution >= 4 is 17.3 Å². The van der Waals surface area contributed by atoms with Crippen molar-refractivity contribution in [2.45, 2.75) is 52.0 Å². The quantitative estimate of drug-likeness (QED) is 0.883. The van der Waals surface area contributed by atoms with Crippen LogP contribution in [0.25, 0.3) is 5.65 Å². The van der Waals surface area contributed by atoms with Crippen molar-refractivity contribution < 1.29 is 0 Å². The highest BCUT2D eigenvalue weighted by Crippen LogP contribution is 2.29. The van der Waals surface area contributed by atoms with Crippen LogP contribution in [0.3, 0.4) is 0 Å². The molecule has 0 aliphatic heterocycles. The van der Waals surface area contributed by atoms with Crippen molar-refractivity contribution in [2.24, 2.45) is 5.92 Å². The first kappa shape index (κ1) is 14.2. The zero-order valence-electron chi connectivity index (χ0n) is 13.0. The SMILES string of the molecule is CCNc1cn2ccnc2c(NC2CCC(CC)CC2)n1. The summed E-state index contributed by atoms with van der Waals surface area (Å²) < 4.78 is 2.03. The van der Waals surface area contributed by atoms with Gasteiger partial charge in [-0.3, -0.25) is 0 Å². The van der Waals surface area contributed by atoms with Crippen LogP contribution in [0.2, 0.25) is 0 Å². The van der Waals surface area contributed by atoms with Crippen LogP contribution in [0.15, 0.2) is 18.6 Å². The molecule has 2 aromatic rings. The third-order valence-electron chi connectivity index (χ3n) is 4.50. The first-order valence-electron chi connectivity index (χ1n) is 8.14. The van der Waals surface area contributed by atoms with Crippen LogP contribution < -0.4 is 10.6 Å². The molecule has 3 rings (SSSR count). The maximum absolute atomic E-state index is 4.69. The molecule has 0 aromatic carbocycles. The van der Waals surface area contributed by atoms with Crippen molar-refractivity contribution in [2.75, 3.05) is 17.2 Å². The Kier molecular flexibility index (Phi) is 4.27. The Morgan fingerprint density at radius 2 is 2.05 bits per heavy atom. The van der Waals surface area contributed by atoms with Gasteiger partial charge in [0.25, 0.3) is 0 Å². The van der Waals surface area contributed by atoms with Gasteiger partial charge in [0.15, 0.2) is 11.5 Å². The molecule has 0 radical (unpaired) electrons. The largest absolute Gasteiger partial charge is 0.369 e. The number of aromatic nitrogens is 3. The average Bonchev–Trinajstić information content (AvgIpc) is 2.97. The van der Waals surface area contributed by atoms with Gasteiger partial charge < -0.3 is 15.0 Å². The van der Waals surface area contributed by atoms with E-state index in [0.717, 1.165) is 29.7 Å². The second kappa shape index (κ2) is 6.33. The number of fused-ring (bicyclic) bond motifs is 1. The van der Waals surface area contributed by atoms with Gasteiger partial charge in [-0.15, -0.1) is 0 Å². The van der Waals surface area contributed by atoms with Crippen LogP contribution in [0.1, 0.15) is 46.0 Å². The van der Waals surface area contributed by atoms with E-state index in [2.05, 4.69) is 29.5 Å². The lowest BCUT2D eigenvalue weighted by atomic mass is 9.84. The number of rotatable bonds is 5. The van der Waals surface area contributed by atoms with Crippen LogP contribution >= 0.6 is 0 Å². The van der Waals surface area contributed by atoms with Gasteiger partial charge in [-0.05, 0) is 38.5 Å². The van der Waals surface area contributed by atoms with Crippen LogP contribution in [-0.4, -0.2) is 27.0 Å². The fourth-order valence-electron chi connectivity index (χ4n) is 3.20. The summed E-state index contributed by atoms with van der Waals surface area (Å²) >= 11 is 0. The highest BCUT2D eigenvalue weighted by Gasteiger charge is 2.21. The second-order valence-corrected chi connectivity index (χ2v) is 5.93. The molecule has 114 valence electrons. The lowest BCUT2D eigenvalue weighted by Gasteiger charge is -2.28. The third-order valence-corrected chi connectivity index (χ3v) is 4.50. The molecule has 0 unspecified atom stereocenters. The van der Waals surface area contributed by atoms with E-state index in [1.807, 2.05) is 23.0 Å². The van der Waals surface area contributed by atoms with Crippen LogP contribution in [-0.2, 0) is 0 Å². The summed E-state index contributed by atoms with van der Waals surface area (Å²) in [4.78, 5) is 9.12. The Hall–Kier alpha value is -1.78. The minimum atomic E-state index is 0.526. The minimum Gasteiger partial charge on any atom is -0.369 e. The van der Waals surface area contributed by atoms with Crippen molar-refractivity contribution in [3.63, 3.8) is 0 Å². The zero-order valence-corrected chi connectivity index (χ0v) is 13.0. The predicted molar refractivity (Wildman–Crippen MR) is 86.8 cm³/mol. The monoisotopic (exact) mass is 287 g/mol. The maximum atomic E-state index is 4.69. The van der Waals surface area contributed by atoms with Gasteiger partial charge >= 0.3 is 0 Å². The summed E-state index contributed by atoms with van der Waals surface area (Å²) in [6, 6.07) is 0.526. The van der Waals surface area contributed by atoms with Gasteiger partial charge in [0.05, 0.1) is 6.20 Å². The van der Waals surface area contributed by atoms with E-state index in [1.54, 1.807) is 0 Å². The van der Waals surface area contributed by atoms with Gasteiger partial charge in [-0.1, -0.05) is 13.3 Å². The van der Waals surface area contributed by atoms with E-state index in [0.29, 0.717) is 6.04 Å². The summed E-state index contributed by atoms with van der Waals surface area (Å²) in [6.45, 7) is 5.25. The third kappa shape index (κ3) is 3.12. The molecule has 1 saturated carbocycles. The highest BCUT2D eigenvalue weighted by atomic mass is 15.1. The Balaban J connectivity index is 1.78. The fourth-order valence-corrected chi connectivity index (χ4v) is 3.20. The minimum absolute atomic E-state index is 0.526. The van der Waals surface area contributed by atoms with E-state index < -0.39 is 0 Å². The molecule has 0 spiro atoms. The van der Waals surface area contributed by atoms with Crippen LogP contribution in [0, 0.1) is 5.92 Å². The molecule has 0 amide bonds. The average molecular weight is 287 g/mol. The smallest absolute Gasteiger partial charge is 0.180 e. The van der Waals surface area contributed by atoms with Crippen LogP contribution in [0.5, 0.6) is 0 Å². The zero-order chi connectivity index (χ0) is 14.7. The first-order chi connectivity index (χ1) is 10.3. The Bertz CT molecular complexity index is 583. The molecule has 5 heteroatoms. The second-order valence-electron chi connectivity index (χ2n) is 5.93. The van der Waals surface area contributed by atoms with Gasteiger partial charge in [0.2, 0.25) is 0 Å². The Morgan fingerprint density at radius 1 is 1.24 bits per heavy atom. The molecule has 2 heterocycles. The molecule has 0 saturated heterocycles. The molecule has 0 atom stereocenters. The molecular formula is C16H25N5. The maximum Gasteiger partial charge on any atom is 0.180 e.